The molecule has 1 aliphatic heterocycles. The van der Waals surface area contributed by atoms with Crippen LogP contribution in [0.1, 0.15) is 46.6 Å². The standard InChI is InChI=1S/C26H26N2O3S/c1-17(2)18-6-12-22(13-7-18)28-24(29)16-32-26(28)20-4-10-21(11-5-20)27-25(30)19-8-14-23(31-3)15-9-19/h4-15,17,26H,16H2,1-3H3,(H,27,30). The van der Waals surface area contributed by atoms with E-state index in [1.54, 1.807) is 43.1 Å². The van der Waals surface area contributed by atoms with Gasteiger partial charge in [0.05, 0.1) is 12.9 Å². The number of hydrogen-bond acceptors (Lipinski definition) is 4. The number of methoxy groups -OCH3 is 1. The van der Waals surface area contributed by atoms with Gasteiger partial charge in [0, 0.05) is 16.9 Å². The fraction of sp³-hybridized carbons (Fsp3) is 0.231. The van der Waals surface area contributed by atoms with Crippen molar-refractivity contribution >= 4 is 35.0 Å². The molecule has 0 radical (unpaired) electrons. The maximum Gasteiger partial charge on any atom is 0.255 e. The molecule has 1 fully saturated rings. The first-order valence-electron chi connectivity index (χ1n) is 10.6. The van der Waals surface area contributed by atoms with Crippen LogP contribution in [-0.4, -0.2) is 24.7 Å². The molecule has 1 saturated heterocycles. The van der Waals surface area contributed by atoms with Gasteiger partial charge in [0.15, 0.2) is 0 Å². The van der Waals surface area contributed by atoms with Crippen LogP contribution in [0.15, 0.2) is 72.8 Å². The van der Waals surface area contributed by atoms with Crippen molar-refractivity contribution < 1.29 is 14.3 Å². The highest BCUT2D eigenvalue weighted by Crippen LogP contribution is 2.42. The monoisotopic (exact) mass is 446 g/mol. The lowest BCUT2D eigenvalue weighted by Gasteiger charge is -2.25. The minimum Gasteiger partial charge on any atom is -0.497 e. The van der Waals surface area contributed by atoms with Crippen molar-refractivity contribution in [1.29, 1.82) is 0 Å². The van der Waals surface area contributed by atoms with Gasteiger partial charge < -0.3 is 10.1 Å². The molecule has 1 heterocycles. The van der Waals surface area contributed by atoms with Crippen LogP contribution in [0.4, 0.5) is 11.4 Å². The first-order valence-corrected chi connectivity index (χ1v) is 11.6. The third kappa shape index (κ3) is 4.65. The average molecular weight is 447 g/mol. The van der Waals surface area contributed by atoms with E-state index >= 15 is 0 Å². The van der Waals surface area contributed by atoms with Crippen LogP contribution in [0.25, 0.3) is 0 Å². The Morgan fingerprint density at radius 1 is 1.00 bits per heavy atom. The molecule has 0 aliphatic carbocycles. The molecule has 0 saturated carbocycles. The van der Waals surface area contributed by atoms with Gasteiger partial charge in [-0.2, -0.15) is 0 Å². The quantitative estimate of drug-likeness (QED) is 0.516. The largest absolute Gasteiger partial charge is 0.497 e. The highest BCUT2D eigenvalue weighted by atomic mass is 32.2. The number of carbonyl (C=O) groups excluding carboxylic acids is 2. The normalized spacial score (nSPS) is 15.8. The maximum absolute atomic E-state index is 12.6. The Labute approximate surface area is 192 Å². The maximum atomic E-state index is 12.6. The smallest absolute Gasteiger partial charge is 0.255 e. The van der Waals surface area contributed by atoms with Gasteiger partial charge in [0.1, 0.15) is 11.1 Å². The van der Waals surface area contributed by atoms with Gasteiger partial charge in [-0.25, -0.2) is 0 Å². The fourth-order valence-electron chi connectivity index (χ4n) is 3.65. The molecular weight excluding hydrogens is 420 g/mol. The van der Waals surface area contributed by atoms with E-state index in [0.29, 0.717) is 28.7 Å². The summed E-state index contributed by atoms with van der Waals surface area (Å²) >= 11 is 1.61. The average Bonchev–Trinajstić information content (AvgIpc) is 3.21. The summed E-state index contributed by atoms with van der Waals surface area (Å²) in [7, 11) is 1.59. The van der Waals surface area contributed by atoms with E-state index in [9.17, 15) is 9.59 Å². The number of benzene rings is 3. The lowest BCUT2D eigenvalue weighted by Crippen LogP contribution is -2.27. The molecule has 0 spiro atoms. The van der Waals surface area contributed by atoms with E-state index in [1.807, 2.05) is 41.3 Å². The van der Waals surface area contributed by atoms with Crippen LogP contribution in [0.2, 0.25) is 0 Å². The number of thioether (sulfide) groups is 1. The number of carbonyl (C=O) groups is 2. The second kappa shape index (κ2) is 9.49. The number of nitrogens with one attached hydrogen (secondary N) is 1. The molecule has 4 rings (SSSR count). The SMILES string of the molecule is COc1ccc(C(=O)Nc2ccc(C3SCC(=O)N3c3ccc(C(C)C)cc3)cc2)cc1. The summed E-state index contributed by atoms with van der Waals surface area (Å²) in [4.78, 5) is 27.0. The van der Waals surface area contributed by atoms with Gasteiger partial charge in [-0.1, -0.05) is 38.1 Å². The Balaban J connectivity index is 1.48. The highest BCUT2D eigenvalue weighted by Gasteiger charge is 2.34. The van der Waals surface area contributed by atoms with E-state index in [2.05, 4.69) is 31.3 Å². The molecule has 1 unspecified atom stereocenters. The molecule has 1 N–H and O–H groups in total. The fourth-order valence-corrected chi connectivity index (χ4v) is 4.82. The number of amides is 2. The van der Waals surface area contributed by atoms with Crippen LogP contribution in [-0.2, 0) is 4.79 Å². The van der Waals surface area contributed by atoms with Crippen molar-refractivity contribution in [3.63, 3.8) is 0 Å². The molecule has 3 aromatic carbocycles. The number of ether oxygens (including phenoxy) is 1. The molecule has 164 valence electrons. The summed E-state index contributed by atoms with van der Waals surface area (Å²) in [5, 5.41) is 2.83. The van der Waals surface area contributed by atoms with E-state index < -0.39 is 0 Å². The lowest BCUT2D eigenvalue weighted by molar-refractivity contribution is -0.115. The van der Waals surface area contributed by atoms with Gasteiger partial charge in [0.25, 0.3) is 5.91 Å². The molecule has 1 atom stereocenters. The molecule has 0 aromatic heterocycles. The summed E-state index contributed by atoms with van der Waals surface area (Å²) < 4.78 is 5.13. The second-order valence-electron chi connectivity index (χ2n) is 7.98. The number of hydrogen-bond donors (Lipinski definition) is 1. The summed E-state index contributed by atoms with van der Waals surface area (Å²) in [6.45, 7) is 4.31. The minimum atomic E-state index is -0.183. The van der Waals surface area contributed by atoms with Crippen LogP contribution in [0.3, 0.4) is 0 Å². The summed E-state index contributed by atoms with van der Waals surface area (Å²) in [6.07, 6.45) is 0. The Morgan fingerprint density at radius 2 is 1.66 bits per heavy atom. The first kappa shape index (κ1) is 22.0. The third-order valence-corrected chi connectivity index (χ3v) is 6.72. The van der Waals surface area contributed by atoms with Gasteiger partial charge in [-0.05, 0) is 65.6 Å². The topological polar surface area (TPSA) is 58.6 Å². The first-order chi connectivity index (χ1) is 15.5. The Hall–Kier alpha value is -3.25. The predicted octanol–water partition coefficient (Wildman–Crippen LogP) is 5.85. The van der Waals surface area contributed by atoms with Crippen molar-refractivity contribution in [3.05, 3.63) is 89.5 Å². The predicted molar refractivity (Wildman–Crippen MR) is 131 cm³/mol. The van der Waals surface area contributed by atoms with E-state index in [-0.39, 0.29) is 17.2 Å². The highest BCUT2D eigenvalue weighted by molar-refractivity contribution is 8.00. The summed E-state index contributed by atoms with van der Waals surface area (Å²) in [6, 6.07) is 22.9. The van der Waals surface area contributed by atoms with Crippen molar-refractivity contribution in [3.8, 4) is 5.75 Å². The molecule has 1 aliphatic rings. The molecule has 0 bridgehead atoms. The lowest BCUT2D eigenvalue weighted by atomic mass is 10.0. The molecule has 3 aromatic rings. The second-order valence-corrected chi connectivity index (χ2v) is 9.05. The van der Waals surface area contributed by atoms with Crippen LogP contribution < -0.4 is 15.0 Å². The zero-order valence-corrected chi connectivity index (χ0v) is 19.2. The molecule has 32 heavy (non-hydrogen) atoms. The van der Waals surface area contributed by atoms with Gasteiger partial charge in [-0.15, -0.1) is 11.8 Å². The van der Waals surface area contributed by atoms with Crippen molar-refractivity contribution in [2.75, 3.05) is 23.1 Å². The van der Waals surface area contributed by atoms with Gasteiger partial charge in [0.2, 0.25) is 5.91 Å². The minimum absolute atomic E-state index is 0.0845. The summed E-state index contributed by atoms with van der Waals surface area (Å²) in [5.74, 6) is 1.53. The van der Waals surface area contributed by atoms with Crippen LogP contribution in [0, 0.1) is 0 Å². The molecule has 5 nitrogen and oxygen atoms in total. The Morgan fingerprint density at radius 3 is 2.25 bits per heavy atom. The van der Waals surface area contributed by atoms with Gasteiger partial charge >= 0.3 is 0 Å². The molecular formula is C26H26N2O3S. The molecule has 2 amide bonds. The zero-order chi connectivity index (χ0) is 22.7. The Kier molecular flexibility index (Phi) is 6.51. The third-order valence-electron chi connectivity index (χ3n) is 5.51. The zero-order valence-electron chi connectivity index (χ0n) is 18.4. The van der Waals surface area contributed by atoms with Crippen LogP contribution in [0.5, 0.6) is 5.75 Å². The number of nitrogens with zero attached hydrogens (tertiary/aromatic N) is 1. The molecule has 6 heteroatoms. The summed E-state index contributed by atoms with van der Waals surface area (Å²) in [5.41, 5.74) is 4.45. The van der Waals surface area contributed by atoms with Crippen molar-refractivity contribution in [2.24, 2.45) is 0 Å². The van der Waals surface area contributed by atoms with Crippen molar-refractivity contribution in [1.82, 2.24) is 0 Å². The van der Waals surface area contributed by atoms with E-state index in [0.717, 1.165) is 11.3 Å². The van der Waals surface area contributed by atoms with Crippen LogP contribution >= 0.6 is 11.8 Å². The van der Waals surface area contributed by atoms with E-state index in [4.69, 9.17) is 4.74 Å². The van der Waals surface area contributed by atoms with Crippen molar-refractivity contribution in [2.45, 2.75) is 25.1 Å². The number of rotatable bonds is 6. The number of anilines is 2. The Bertz CT molecular complexity index is 1090. The van der Waals surface area contributed by atoms with Gasteiger partial charge in [-0.3, -0.25) is 14.5 Å². The van der Waals surface area contributed by atoms with E-state index in [1.165, 1.54) is 5.56 Å².